The molecule has 1 rings (SSSR count). The van der Waals surface area contributed by atoms with E-state index in [0.29, 0.717) is 6.10 Å². The quantitative estimate of drug-likeness (QED) is 0.640. The summed E-state index contributed by atoms with van der Waals surface area (Å²) in [5, 5.41) is 3.54. The highest BCUT2D eigenvalue weighted by atomic mass is 16.5. The van der Waals surface area contributed by atoms with Gasteiger partial charge >= 0.3 is 0 Å². The van der Waals surface area contributed by atoms with Gasteiger partial charge in [-0.05, 0) is 51.9 Å². The highest BCUT2D eigenvalue weighted by molar-refractivity contribution is 4.72. The Labute approximate surface area is 101 Å². The minimum Gasteiger partial charge on any atom is -0.378 e. The van der Waals surface area contributed by atoms with Crippen LogP contribution >= 0.6 is 0 Å². The van der Waals surface area contributed by atoms with Gasteiger partial charge in [0.05, 0.1) is 12.7 Å². The lowest BCUT2D eigenvalue weighted by molar-refractivity contribution is 0.120. The average molecular weight is 228 g/mol. The number of hydrogen-bond acceptors (Lipinski definition) is 3. The van der Waals surface area contributed by atoms with E-state index in [0.717, 1.165) is 25.6 Å². The van der Waals surface area contributed by atoms with Crippen LogP contribution in [-0.2, 0) is 4.74 Å². The van der Waals surface area contributed by atoms with E-state index in [9.17, 15) is 0 Å². The van der Waals surface area contributed by atoms with Crippen molar-refractivity contribution in [3.63, 3.8) is 0 Å². The highest BCUT2D eigenvalue weighted by Gasteiger charge is 2.20. The summed E-state index contributed by atoms with van der Waals surface area (Å²) in [6, 6.07) is 0. The van der Waals surface area contributed by atoms with Gasteiger partial charge in [-0.3, -0.25) is 0 Å². The summed E-state index contributed by atoms with van der Waals surface area (Å²) >= 11 is 0. The summed E-state index contributed by atoms with van der Waals surface area (Å²) in [5.41, 5.74) is 0. The second-order valence-corrected chi connectivity index (χ2v) is 4.83. The average Bonchev–Trinajstić information content (AvgIpc) is 2.70. The Hall–Kier alpha value is -0.120. The molecule has 1 N–H and O–H groups in total. The molecule has 0 aromatic rings. The minimum absolute atomic E-state index is 0.475. The van der Waals surface area contributed by atoms with Crippen molar-refractivity contribution in [1.29, 1.82) is 0 Å². The molecule has 1 aliphatic rings. The molecule has 0 radical (unpaired) electrons. The van der Waals surface area contributed by atoms with Crippen molar-refractivity contribution >= 4 is 0 Å². The third-order valence-electron chi connectivity index (χ3n) is 3.44. The summed E-state index contributed by atoms with van der Waals surface area (Å²) in [6.07, 6.45) is 2.95. The van der Waals surface area contributed by atoms with Gasteiger partial charge in [0.25, 0.3) is 0 Å². The molecule has 0 aromatic heterocycles. The minimum atomic E-state index is 0.475. The van der Waals surface area contributed by atoms with Crippen LogP contribution in [0.3, 0.4) is 0 Å². The second-order valence-electron chi connectivity index (χ2n) is 4.83. The van der Waals surface area contributed by atoms with E-state index in [-0.39, 0.29) is 0 Å². The summed E-state index contributed by atoms with van der Waals surface area (Å²) in [7, 11) is 0. The normalized spacial score (nSPS) is 25.5. The first-order valence-electron chi connectivity index (χ1n) is 6.80. The van der Waals surface area contributed by atoms with Crippen molar-refractivity contribution in [2.24, 2.45) is 5.92 Å². The van der Waals surface area contributed by atoms with E-state index in [1.807, 2.05) is 0 Å². The summed E-state index contributed by atoms with van der Waals surface area (Å²) in [5.74, 6) is 0.739. The van der Waals surface area contributed by atoms with Gasteiger partial charge in [0, 0.05) is 6.54 Å². The maximum absolute atomic E-state index is 5.55. The van der Waals surface area contributed by atoms with Crippen molar-refractivity contribution < 1.29 is 4.74 Å². The fourth-order valence-corrected chi connectivity index (χ4v) is 2.32. The molecule has 0 saturated carbocycles. The van der Waals surface area contributed by atoms with Gasteiger partial charge in [-0.15, -0.1) is 0 Å². The zero-order chi connectivity index (χ0) is 11.8. The Morgan fingerprint density at radius 2 is 2.06 bits per heavy atom. The van der Waals surface area contributed by atoms with Crippen LogP contribution in [0, 0.1) is 5.92 Å². The summed E-state index contributed by atoms with van der Waals surface area (Å²) in [4.78, 5) is 2.47. The lowest BCUT2D eigenvalue weighted by Crippen LogP contribution is -2.29. The third-order valence-corrected chi connectivity index (χ3v) is 3.44. The molecule has 0 aliphatic carbocycles. The Morgan fingerprint density at radius 1 is 1.31 bits per heavy atom. The fourth-order valence-electron chi connectivity index (χ4n) is 2.32. The van der Waals surface area contributed by atoms with Crippen molar-refractivity contribution in [1.82, 2.24) is 10.2 Å². The predicted octanol–water partition coefficient (Wildman–Crippen LogP) is 1.73. The van der Waals surface area contributed by atoms with Gasteiger partial charge in [-0.1, -0.05) is 13.8 Å². The number of ether oxygens (including phenoxy) is 1. The van der Waals surface area contributed by atoms with Gasteiger partial charge in [-0.2, -0.15) is 0 Å². The molecule has 0 bridgehead atoms. The van der Waals surface area contributed by atoms with Crippen LogP contribution in [0.25, 0.3) is 0 Å². The van der Waals surface area contributed by atoms with Crippen molar-refractivity contribution in [3.8, 4) is 0 Å². The Kier molecular flexibility index (Phi) is 7.01. The molecule has 3 heteroatoms. The SMILES string of the molecule is CCN(CC)CCCNCC1COC(C)C1. The van der Waals surface area contributed by atoms with Crippen molar-refractivity contribution in [2.45, 2.75) is 39.7 Å². The van der Waals surface area contributed by atoms with Gasteiger partial charge in [0.2, 0.25) is 0 Å². The molecule has 96 valence electrons. The number of hydrogen-bond donors (Lipinski definition) is 1. The molecule has 1 fully saturated rings. The van der Waals surface area contributed by atoms with Gasteiger partial charge in [0.1, 0.15) is 0 Å². The largest absolute Gasteiger partial charge is 0.378 e. The Balaban J connectivity index is 1.91. The zero-order valence-electron chi connectivity index (χ0n) is 11.2. The van der Waals surface area contributed by atoms with E-state index in [4.69, 9.17) is 4.74 Å². The third kappa shape index (κ3) is 5.28. The Bertz CT molecular complexity index is 171. The van der Waals surface area contributed by atoms with Crippen LogP contribution in [0.15, 0.2) is 0 Å². The van der Waals surface area contributed by atoms with Crippen LogP contribution in [0.2, 0.25) is 0 Å². The second kappa shape index (κ2) is 8.04. The first-order valence-corrected chi connectivity index (χ1v) is 6.80. The first-order chi connectivity index (χ1) is 7.76. The molecule has 1 heterocycles. The van der Waals surface area contributed by atoms with Gasteiger partial charge < -0.3 is 15.0 Å². The fraction of sp³-hybridized carbons (Fsp3) is 1.00. The highest BCUT2D eigenvalue weighted by Crippen LogP contribution is 2.17. The molecule has 0 aromatic carbocycles. The van der Waals surface area contributed by atoms with E-state index in [1.165, 1.54) is 32.5 Å². The van der Waals surface area contributed by atoms with E-state index in [1.54, 1.807) is 0 Å². The van der Waals surface area contributed by atoms with Crippen LogP contribution in [0.1, 0.15) is 33.6 Å². The first kappa shape index (κ1) is 13.9. The van der Waals surface area contributed by atoms with Gasteiger partial charge in [-0.25, -0.2) is 0 Å². The number of rotatable bonds is 8. The molecular formula is C13H28N2O. The zero-order valence-corrected chi connectivity index (χ0v) is 11.2. The maximum atomic E-state index is 5.55. The van der Waals surface area contributed by atoms with E-state index >= 15 is 0 Å². The monoisotopic (exact) mass is 228 g/mol. The summed E-state index contributed by atoms with van der Waals surface area (Å²) < 4.78 is 5.55. The smallest absolute Gasteiger partial charge is 0.0551 e. The molecule has 2 atom stereocenters. The molecule has 0 spiro atoms. The molecular weight excluding hydrogens is 200 g/mol. The van der Waals surface area contributed by atoms with Crippen LogP contribution in [0.4, 0.5) is 0 Å². The molecule has 0 amide bonds. The van der Waals surface area contributed by atoms with E-state index in [2.05, 4.69) is 31.0 Å². The van der Waals surface area contributed by atoms with Crippen LogP contribution in [0.5, 0.6) is 0 Å². The predicted molar refractivity (Wildman–Crippen MR) is 68.8 cm³/mol. The van der Waals surface area contributed by atoms with Crippen molar-refractivity contribution in [2.75, 3.05) is 39.3 Å². The standard InChI is InChI=1S/C13H28N2O/c1-4-15(5-2)8-6-7-14-10-13-9-12(3)16-11-13/h12-14H,4-11H2,1-3H3. The molecule has 1 aliphatic heterocycles. The van der Waals surface area contributed by atoms with Gasteiger partial charge in [0.15, 0.2) is 0 Å². The maximum Gasteiger partial charge on any atom is 0.0551 e. The molecule has 1 saturated heterocycles. The Morgan fingerprint density at radius 3 is 2.62 bits per heavy atom. The topological polar surface area (TPSA) is 24.5 Å². The molecule has 3 nitrogen and oxygen atoms in total. The number of nitrogens with zero attached hydrogens (tertiary/aromatic N) is 1. The lowest BCUT2D eigenvalue weighted by Gasteiger charge is -2.18. The van der Waals surface area contributed by atoms with Crippen molar-refractivity contribution in [3.05, 3.63) is 0 Å². The van der Waals surface area contributed by atoms with E-state index < -0.39 is 0 Å². The number of nitrogens with one attached hydrogen (secondary N) is 1. The molecule has 2 unspecified atom stereocenters. The summed E-state index contributed by atoms with van der Waals surface area (Å²) in [6.45, 7) is 13.4. The van der Waals surface area contributed by atoms with Crippen LogP contribution in [-0.4, -0.2) is 50.3 Å². The molecule has 16 heavy (non-hydrogen) atoms. The lowest BCUT2D eigenvalue weighted by atomic mass is 10.1. The van der Waals surface area contributed by atoms with Crippen LogP contribution < -0.4 is 5.32 Å².